The summed E-state index contributed by atoms with van der Waals surface area (Å²) in [7, 11) is 1.96. The first-order chi connectivity index (χ1) is 7.79. The zero-order valence-corrected chi connectivity index (χ0v) is 9.91. The molecular formula is C12H20NO3+. The zero-order chi connectivity index (χ0) is 11.0. The van der Waals surface area contributed by atoms with Gasteiger partial charge in [-0.3, -0.25) is 4.84 Å². The Hall–Kier alpha value is -0.610. The van der Waals surface area contributed by atoms with Crippen LogP contribution < -0.4 is 0 Å². The largest absolute Gasteiger partial charge is 0.347 e. The number of ether oxygens (including phenoxy) is 2. The molecule has 1 spiro atoms. The van der Waals surface area contributed by atoms with Crippen molar-refractivity contribution in [1.29, 1.82) is 0 Å². The third-order valence-electron chi connectivity index (χ3n) is 3.89. The van der Waals surface area contributed by atoms with Crippen molar-refractivity contribution in [2.75, 3.05) is 20.3 Å². The van der Waals surface area contributed by atoms with E-state index in [1.54, 1.807) is 0 Å². The molecule has 0 unspecified atom stereocenters. The summed E-state index contributed by atoms with van der Waals surface area (Å²) in [6.45, 7) is 1.47. The van der Waals surface area contributed by atoms with Crippen LogP contribution in [0.1, 0.15) is 38.5 Å². The second kappa shape index (κ2) is 4.00. The average Bonchev–Trinajstić information content (AvgIpc) is 2.87. The van der Waals surface area contributed by atoms with E-state index >= 15 is 0 Å². The molecule has 0 aromatic rings. The van der Waals surface area contributed by atoms with E-state index in [-0.39, 0.29) is 11.9 Å². The highest BCUT2D eigenvalue weighted by Crippen LogP contribution is 2.38. The van der Waals surface area contributed by atoms with Gasteiger partial charge in [-0.05, 0) is 17.6 Å². The van der Waals surface area contributed by atoms with E-state index in [1.165, 1.54) is 25.0 Å². The maximum Gasteiger partial charge on any atom is 0.238 e. The molecule has 3 aliphatic rings. The van der Waals surface area contributed by atoms with Gasteiger partial charge in [0, 0.05) is 12.8 Å². The van der Waals surface area contributed by atoms with E-state index in [1.807, 2.05) is 11.8 Å². The van der Waals surface area contributed by atoms with Gasteiger partial charge < -0.3 is 9.47 Å². The van der Waals surface area contributed by atoms with Crippen LogP contribution >= 0.6 is 0 Å². The van der Waals surface area contributed by atoms with Crippen LogP contribution in [0.2, 0.25) is 0 Å². The summed E-state index contributed by atoms with van der Waals surface area (Å²) >= 11 is 0. The highest BCUT2D eigenvalue weighted by molar-refractivity contribution is 5.85. The van der Waals surface area contributed by atoms with E-state index < -0.39 is 0 Å². The molecule has 4 heteroatoms. The summed E-state index contributed by atoms with van der Waals surface area (Å²) in [4.78, 5) is 5.41. The zero-order valence-electron chi connectivity index (χ0n) is 9.91. The van der Waals surface area contributed by atoms with Gasteiger partial charge in [-0.2, -0.15) is 0 Å². The molecule has 2 fully saturated rings. The fourth-order valence-corrected chi connectivity index (χ4v) is 2.96. The van der Waals surface area contributed by atoms with E-state index in [2.05, 4.69) is 0 Å². The lowest BCUT2D eigenvalue weighted by Crippen LogP contribution is -2.35. The second-order valence-electron chi connectivity index (χ2n) is 4.96. The highest BCUT2D eigenvalue weighted by Gasteiger charge is 2.47. The Morgan fingerprint density at radius 1 is 1.25 bits per heavy atom. The van der Waals surface area contributed by atoms with E-state index in [0.29, 0.717) is 6.61 Å². The molecule has 90 valence electrons. The quantitative estimate of drug-likeness (QED) is 0.634. The molecule has 2 aliphatic heterocycles. The second-order valence-corrected chi connectivity index (χ2v) is 4.96. The van der Waals surface area contributed by atoms with Crippen molar-refractivity contribution in [3.8, 4) is 0 Å². The Morgan fingerprint density at radius 2 is 2.06 bits per heavy atom. The minimum Gasteiger partial charge on any atom is -0.347 e. The van der Waals surface area contributed by atoms with Gasteiger partial charge in [0.05, 0.1) is 13.0 Å². The fourth-order valence-electron chi connectivity index (χ4n) is 2.96. The molecule has 1 aliphatic carbocycles. The molecule has 16 heavy (non-hydrogen) atoms. The lowest BCUT2D eigenvalue weighted by atomic mass is 9.94. The van der Waals surface area contributed by atoms with Gasteiger partial charge in [0.2, 0.25) is 5.71 Å². The third kappa shape index (κ3) is 1.74. The van der Waals surface area contributed by atoms with Crippen molar-refractivity contribution in [3.05, 3.63) is 0 Å². The number of hydrogen-bond donors (Lipinski definition) is 0. The average molecular weight is 226 g/mol. The summed E-state index contributed by atoms with van der Waals surface area (Å²) in [5, 5.41) is 0. The lowest BCUT2D eigenvalue weighted by molar-refractivity contribution is -0.759. The molecule has 4 nitrogen and oxygen atoms in total. The highest BCUT2D eigenvalue weighted by atomic mass is 16.7. The molecule has 0 radical (unpaired) electrons. The Labute approximate surface area is 96.1 Å². The standard InChI is InChI=1S/C12H20NO3/c1-13-10(5-8-15-13)11-9-14-12(16-11)6-3-2-4-7-12/h11H,2-9H2,1H3/q+1/t11-/m1/s1. The van der Waals surface area contributed by atoms with Crippen molar-refractivity contribution >= 4 is 5.71 Å². The van der Waals surface area contributed by atoms with Gasteiger partial charge in [0.1, 0.15) is 0 Å². The Kier molecular flexibility index (Phi) is 2.64. The van der Waals surface area contributed by atoms with E-state index in [4.69, 9.17) is 14.3 Å². The topological polar surface area (TPSA) is 30.7 Å². The smallest absolute Gasteiger partial charge is 0.238 e. The fraction of sp³-hybridized carbons (Fsp3) is 0.917. The molecular weight excluding hydrogens is 206 g/mol. The van der Waals surface area contributed by atoms with Gasteiger partial charge in [0.15, 0.2) is 25.5 Å². The summed E-state index contributed by atoms with van der Waals surface area (Å²) in [6.07, 6.45) is 6.98. The van der Waals surface area contributed by atoms with Crippen LogP contribution in [0.25, 0.3) is 0 Å². The van der Waals surface area contributed by atoms with E-state index in [9.17, 15) is 0 Å². The first-order valence-corrected chi connectivity index (χ1v) is 6.33. The molecule has 1 saturated heterocycles. The van der Waals surface area contributed by atoms with Crippen molar-refractivity contribution in [2.24, 2.45) is 0 Å². The normalized spacial score (nSPS) is 33.4. The van der Waals surface area contributed by atoms with Crippen LogP contribution in [0.3, 0.4) is 0 Å². The Bertz CT molecular complexity index is 307. The third-order valence-corrected chi connectivity index (χ3v) is 3.89. The molecule has 0 bridgehead atoms. The summed E-state index contributed by atoms with van der Waals surface area (Å²) in [5.41, 5.74) is 1.24. The van der Waals surface area contributed by atoms with Crippen LogP contribution in [-0.4, -0.2) is 42.6 Å². The SMILES string of the molecule is C[N+]1=C([C@H]2COC3(CCCCC3)O2)CCO1. The molecule has 0 N–H and O–H groups in total. The van der Waals surface area contributed by atoms with Crippen LogP contribution in [-0.2, 0) is 14.3 Å². The number of rotatable bonds is 1. The Morgan fingerprint density at radius 3 is 2.75 bits per heavy atom. The van der Waals surface area contributed by atoms with Gasteiger partial charge in [-0.15, -0.1) is 0 Å². The van der Waals surface area contributed by atoms with Crippen LogP contribution in [0.15, 0.2) is 0 Å². The van der Waals surface area contributed by atoms with E-state index in [0.717, 1.165) is 25.9 Å². The van der Waals surface area contributed by atoms with Crippen molar-refractivity contribution < 1.29 is 19.1 Å². The van der Waals surface area contributed by atoms with Crippen LogP contribution in [0, 0.1) is 0 Å². The predicted octanol–water partition coefficient (Wildman–Crippen LogP) is 1.48. The molecule has 2 heterocycles. The van der Waals surface area contributed by atoms with Gasteiger partial charge in [-0.25, -0.2) is 0 Å². The molecule has 1 atom stereocenters. The number of nitrogens with zero attached hydrogens (tertiary/aromatic N) is 1. The van der Waals surface area contributed by atoms with Gasteiger partial charge in [0.25, 0.3) is 0 Å². The first kappa shape index (κ1) is 10.5. The molecule has 0 amide bonds. The minimum atomic E-state index is -0.265. The molecule has 1 saturated carbocycles. The van der Waals surface area contributed by atoms with Crippen molar-refractivity contribution in [1.82, 2.24) is 0 Å². The maximum absolute atomic E-state index is 6.16. The summed E-state index contributed by atoms with van der Waals surface area (Å²) in [5.74, 6) is -0.265. The molecule has 0 aromatic carbocycles. The Balaban J connectivity index is 1.70. The van der Waals surface area contributed by atoms with Crippen molar-refractivity contribution in [3.63, 3.8) is 0 Å². The lowest BCUT2D eigenvalue weighted by Gasteiger charge is -2.31. The minimum absolute atomic E-state index is 0.116. The number of hydroxylamine groups is 1. The molecule has 0 aromatic heterocycles. The molecule has 3 rings (SSSR count). The maximum atomic E-state index is 6.16. The predicted molar refractivity (Wildman–Crippen MR) is 58.4 cm³/mol. The summed E-state index contributed by atoms with van der Waals surface area (Å²) < 4.78 is 13.9. The van der Waals surface area contributed by atoms with Crippen LogP contribution in [0.5, 0.6) is 0 Å². The van der Waals surface area contributed by atoms with Crippen LogP contribution in [0.4, 0.5) is 0 Å². The van der Waals surface area contributed by atoms with Gasteiger partial charge in [-0.1, -0.05) is 6.42 Å². The monoisotopic (exact) mass is 226 g/mol. The van der Waals surface area contributed by atoms with Crippen molar-refractivity contribution in [2.45, 2.75) is 50.4 Å². The van der Waals surface area contributed by atoms with Gasteiger partial charge >= 0.3 is 0 Å². The number of hydrogen-bond acceptors (Lipinski definition) is 3. The first-order valence-electron chi connectivity index (χ1n) is 6.33. The summed E-state index contributed by atoms with van der Waals surface area (Å²) in [6, 6.07) is 0.